The third kappa shape index (κ3) is 18.0. The predicted octanol–water partition coefficient (Wildman–Crippen LogP) is 10.6. The molecule has 2 aromatic rings. The number of pyridine rings is 1. The lowest BCUT2D eigenvalue weighted by Crippen LogP contribution is -2.24. The van der Waals surface area contributed by atoms with E-state index in [2.05, 4.69) is 58.7 Å². The number of hydrogen-bond donors (Lipinski definition) is 0. The summed E-state index contributed by atoms with van der Waals surface area (Å²) in [7, 11) is 1.48. The van der Waals surface area contributed by atoms with Gasteiger partial charge in [-0.05, 0) is 35.8 Å². The topological polar surface area (TPSA) is 38.7 Å². The minimum absolute atomic E-state index is 0.734. The molecule has 2 aromatic heterocycles. The lowest BCUT2D eigenvalue weighted by atomic mass is 9.91. The quantitative estimate of drug-likeness (QED) is 0.0726. The van der Waals surface area contributed by atoms with Gasteiger partial charge in [0.05, 0.1) is 11.9 Å². The van der Waals surface area contributed by atoms with Gasteiger partial charge in [0.25, 0.3) is 0 Å². The Balaban J connectivity index is 1.69. The second-order valence-electron chi connectivity index (χ2n) is 14.1. The van der Waals surface area contributed by atoms with Gasteiger partial charge < -0.3 is 0 Å². The Morgan fingerprint density at radius 3 is 1.82 bits per heavy atom. The second kappa shape index (κ2) is 24.8. The van der Waals surface area contributed by atoms with Crippen molar-refractivity contribution in [3.05, 3.63) is 30.7 Å². The first kappa shape index (κ1) is 38.8. The minimum Gasteiger partial charge on any atom is -0.266 e. The fourth-order valence-electron chi connectivity index (χ4n) is 6.19. The van der Waals surface area contributed by atoms with E-state index in [9.17, 15) is 0 Å². The van der Waals surface area contributed by atoms with Gasteiger partial charge in [-0.1, -0.05) is 169 Å². The molecule has 0 saturated heterocycles. The standard InChI is InChI=1S/C39H67N3Si2/c1-7-9-12-19-32(3)21-14-11-15-23-35(6)31-44-38-30-40-29-37(42-38)36-24-18-27-41-39(36)43-28-17-16-22-34(5)26-25-33(4)20-13-10-8-2/h18,24,27,29-30,32-35H,7-17,19-23,25-26,28,31H2,1-6H3. The lowest BCUT2D eigenvalue weighted by Gasteiger charge is -2.15. The van der Waals surface area contributed by atoms with Crippen molar-refractivity contribution >= 4 is 29.7 Å². The highest BCUT2D eigenvalue weighted by Crippen LogP contribution is 2.22. The van der Waals surface area contributed by atoms with E-state index in [0.717, 1.165) is 53.7 Å². The average molecular weight is 634 g/mol. The summed E-state index contributed by atoms with van der Waals surface area (Å²) in [5.74, 6) is 3.41. The predicted molar refractivity (Wildman–Crippen MR) is 197 cm³/mol. The summed E-state index contributed by atoms with van der Waals surface area (Å²) in [5, 5.41) is 2.37. The first-order chi connectivity index (χ1) is 21.4. The SMILES string of the molecule is CCCCCC(C)CCCCCC(C)C[Si]c1cncc(-c2cccnc2[Si]CCCCC(C)CCC(C)CCCCC)n1. The third-order valence-electron chi connectivity index (χ3n) is 9.41. The van der Waals surface area contributed by atoms with Crippen LogP contribution in [0.2, 0.25) is 12.1 Å². The highest BCUT2D eigenvalue weighted by molar-refractivity contribution is 6.54. The second-order valence-corrected chi connectivity index (χ2v) is 16.7. The van der Waals surface area contributed by atoms with Gasteiger partial charge in [0.1, 0.15) is 19.0 Å². The van der Waals surface area contributed by atoms with Crippen LogP contribution in [0, 0.1) is 23.7 Å². The van der Waals surface area contributed by atoms with Crippen molar-refractivity contribution in [1.82, 2.24) is 15.0 Å². The van der Waals surface area contributed by atoms with E-state index >= 15 is 0 Å². The summed E-state index contributed by atoms with van der Waals surface area (Å²) in [6.07, 6.45) is 30.7. The normalized spacial score (nSPS) is 14.4. The molecule has 0 aliphatic heterocycles. The maximum Gasteiger partial charge on any atom is 0.110 e. The molecule has 0 aromatic carbocycles. The van der Waals surface area contributed by atoms with Crippen LogP contribution in [0.25, 0.3) is 11.3 Å². The first-order valence-corrected chi connectivity index (χ1v) is 21.1. The summed E-state index contributed by atoms with van der Waals surface area (Å²) in [4.78, 5) is 14.5. The van der Waals surface area contributed by atoms with Crippen LogP contribution in [0.3, 0.4) is 0 Å². The van der Waals surface area contributed by atoms with Crippen LogP contribution < -0.4 is 10.6 Å². The number of hydrogen-bond acceptors (Lipinski definition) is 3. The Hall–Kier alpha value is -1.34. The molecule has 4 atom stereocenters. The van der Waals surface area contributed by atoms with Crippen LogP contribution in [0.4, 0.5) is 0 Å². The average Bonchev–Trinajstić information content (AvgIpc) is 3.03. The Bertz CT molecular complexity index is 968. The van der Waals surface area contributed by atoms with Crippen LogP contribution >= 0.6 is 0 Å². The van der Waals surface area contributed by atoms with Crippen molar-refractivity contribution in [3.8, 4) is 11.3 Å². The zero-order chi connectivity index (χ0) is 31.8. The van der Waals surface area contributed by atoms with Crippen molar-refractivity contribution in [2.45, 2.75) is 169 Å². The van der Waals surface area contributed by atoms with Gasteiger partial charge in [0.15, 0.2) is 0 Å². The summed E-state index contributed by atoms with van der Waals surface area (Å²) < 4.78 is 0. The zero-order valence-corrected chi connectivity index (χ0v) is 31.7. The van der Waals surface area contributed by atoms with E-state index in [0.29, 0.717) is 0 Å². The zero-order valence-electron chi connectivity index (χ0n) is 29.7. The molecular weight excluding hydrogens is 567 g/mol. The monoisotopic (exact) mass is 633 g/mol. The molecule has 0 aliphatic rings. The van der Waals surface area contributed by atoms with Crippen LogP contribution in [-0.4, -0.2) is 34.0 Å². The summed E-state index contributed by atoms with van der Waals surface area (Å²) >= 11 is 0. The number of unbranched alkanes of at least 4 members (excludes halogenated alkanes) is 7. The Morgan fingerprint density at radius 1 is 0.614 bits per heavy atom. The molecule has 0 bridgehead atoms. The summed E-state index contributed by atoms with van der Waals surface area (Å²) in [6.45, 7) is 14.4. The molecule has 0 amide bonds. The van der Waals surface area contributed by atoms with Gasteiger partial charge in [0, 0.05) is 28.6 Å². The maximum absolute atomic E-state index is 5.08. The Morgan fingerprint density at radius 2 is 1.18 bits per heavy atom. The molecule has 0 spiro atoms. The van der Waals surface area contributed by atoms with Crippen LogP contribution in [0.15, 0.2) is 30.7 Å². The van der Waals surface area contributed by atoms with Gasteiger partial charge in [-0.3, -0.25) is 15.0 Å². The van der Waals surface area contributed by atoms with Crippen LogP contribution in [-0.2, 0) is 0 Å². The number of rotatable bonds is 27. The van der Waals surface area contributed by atoms with Gasteiger partial charge in [-0.15, -0.1) is 0 Å². The molecule has 2 rings (SSSR count). The molecular formula is C39H67N3Si2. The van der Waals surface area contributed by atoms with E-state index < -0.39 is 0 Å². The smallest absolute Gasteiger partial charge is 0.110 e. The summed E-state index contributed by atoms with van der Waals surface area (Å²) in [5.41, 5.74) is 2.19. The molecule has 0 aliphatic carbocycles. The van der Waals surface area contributed by atoms with E-state index in [1.54, 1.807) is 0 Å². The van der Waals surface area contributed by atoms with Gasteiger partial charge >= 0.3 is 0 Å². The van der Waals surface area contributed by atoms with E-state index in [1.165, 1.54) is 139 Å². The van der Waals surface area contributed by atoms with Gasteiger partial charge in [0.2, 0.25) is 0 Å². The van der Waals surface area contributed by atoms with Gasteiger partial charge in [-0.25, -0.2) is 0 Å². The van der Waals surface area contributed by atoms with Crippen molar-refractivity contribution < 1.29 is 0 Å². The lowest BCUT2D eigenvalue weighted by molar-refractivity contribution is 0.382. The van der Waals surface area contributed by atoms with E-state index in [1.807, 2.05) is 18.6 Å². The molecule has 4 unspecified atom stereocenters. The molecule has 0 N–H and O–H groups in total. The Kier molecular flexibility index (Phi) is 21.9. The van der Waals surface area contributed by atoms with Crippen molar-refractivity contribution in [3.63, 3.8) is 0 Å². The molecule has 0 fully saturated rings. The highest BCUT2D eigenvalue weighted by Gasteiger charge is 2.12. The first-order valence-electron chi connectivity index (χ1n) is 18.7. The summed E-state index contributed by atoms with van der Waals surface area (Å²) in [6, 6.07) is 6.71. The fourth-order valence-corrected chi connectivity index (χ4v) is 8.55. The third-order valence-corrected chi connectivity index (χ3v) is 12.3. The van der Waals surface area contributed by atoms with Crippen LogP contribution in [0.5, 0.6) is 0 Å². The van der Waals surface area contributed by atoms with Crippen molar-refractivity contribution in [1.29, 1.82) is 0 Å². The van der Waals surface area contributed by atoms with E-state index in [-0.39, 0.29) is 0 Å². The molecule has 2 heterocycles. The van der Waals surface area contributed by atoms with E-state index in [4.69, 9.17) is 9.97 Å². The molecule has 44 heavy (non-hydrogen) atoms. The Labute approximate surface area is 278 Å². The molecule has 4 radical (unpaired) electrons. The molecule has 5 heteroatoms. The van der Waals surface area contributed by atoms with Crippen LogP contribution in [0.1, 0.15) is 157 Å². The molecule has 0 saturated carbocycles. The largest absolute Gasteiger partial charge is 0.266 e. The number of aromatic nitrogens is 3. The van der Waals surface area contributed by atoms with Gasteiger partial charge in [-0.2, -0.15) is 0 Å². The highest BCUT2D eigenvalue weighted by atomic mass is 28.2. The number of nitrogens with zero attached hydrogens (tertiary/aromatic N) is 3. The fraction of sp³-hybridized carbons (Fsp3) is 0.769. The molecule has 246 valence electrons. The van der Waals surface area contributed by atoms with Crippen molar-refractivity contribution in [2.24, 2.45) is 23.7 Å². The van der Waals surface area contributed by atoms with Crippen molar-refractivity contribution in [2.75, 3.05) is 0 Å². The minimum atomic E-state index is 0.734. The molecule has 3 nitrogen and oxygen atoms in total. The maximum atomic E-state index is 5.08.